The van der Waals surface area contributed by atoms with Crippen molar-refractivity contribution in [2.24, 2.45) is 7.05 Å². The molecule has 0 bridgehead atoms. The Morgan fingerprint density at radius 1 is 1.15 bits per heavy atom. The van der Waals surface area contributed by atoms with E-state index >= 15 is 0 Å². The first-order valence-corrected chi connectivity index (χ1v) is 13.9. The number of nitrogens with one attached hydrogen (secondary N) is 3. The summed E-state index contributed by atoms with van der Waals surface area (Å²) in [6.07, 6.45) is 1.97. The van der Waals surface area contributed by atoms with Gasteiger partial charge in [-0.15, -0.1) is 0 Å². The number of nitrogens with zero attached hydrogens (tertiary/aromatic N) is 4. The molecule has 0 aliphatic rings. The topological polar surface area (TPSA) is 130 Å². The number of aryl methyl sites for hydroxylation is 3. The average molecular weight is 570 g/mol. The Morgan fingerprint density at radius 2 is 1.83 bits per heavy atom. The highest BCUT2D eigenvalue weighted by Crippen LogP contribution is 2.32. The van der Waals surface area contributed by atoms with Crippen LogP contribution in [0.5, 0.6) is 0 Å². The molecule has 3 N–H and O–H groups in total. The Balaban J connectivity index is 0.000000260. The highest BCUT2D eigenvalue weighted by atomic mass is 19.1. The molecule has 0 radical (unpaired) electrons. The molecule has 0 spiro atoms. The molecule has 11 nitrogen and oxygen atoms in total. The molecule has 4 rings (SSSR count). The van der Waals surface area contributed by atoms with Crippen LogP contribution in [-0.4, -0.2) is 61.1 Å². The van der Waals surface area contributed by atoms with Crippen molar-refractivity contribution in [3.8, 4) is 0 Å². The molecule has 0 aliphatic carbocycles. The van der Waals surface area contributed by atoms with E-state index in [0.717, 1.165) is 37.3 Å². The molecule has 0 unspecified atom stereocenters. The number of benzene rings is 1. The number of imidazole rings is 1. The number of rotatable bonds is 11. The maximum atomic E-state index is 13.7. The molecule has 0 atom stereocenters. The number of carbonyl (C=O) groups is 1. The highest BCUT2D eigenvalue weighted by Gasteiger charge is 2.19. The Kier molecular flexibility index (Phi) is 10.6. The number of anilines is 1. The number of fused-ring (bicyclic) bond motifs is 2. The fourth-order valence-electron chi connectivity index (χ4n) is 4.76. The SMILES string of the molecule is C=C(OCC)c1[nH]c2ccc(F)cc2c1NC(=O)CN(CCC)CCC.CCn1c(C)nc2c1c(=O)[nH]c(=O)n2C. The molecule has 0 saturated heterocycles. The normalized spacial score (nSPS) is 11.1. The van der Waals surface area contributed by atoms with E-state index < -0.39 is 5.69 Å². The van der Waals surface area contributed by atoms with Crippen LogP contribution < -0.4 is 16.6 Å². The highest BCUT2D eigenvalue weighted by molar-refractivity contribution is 6.06. The molecule has 1 amide bonds. The van der Waals surface area contributed by atoms with Gasteiger partial charge in [0.05, 0.1) is 18.8 Å². The molecule has 12 heteroatoms. The van der Waals surface area contributed by atoms with Crippen LogP contribution in [0.15, 0.2) is 34.4 Å². The summed E-state index contributed by atoms with van der Waals surface area (Å²) in [7, 11) is 1.59. The summed E-state index contributed by atoms with van der Waals surface area (Å²) >= 11 is 0. The van der Waals surface area contributed by atoms with Crippen molar-refractivity contribution in [2.75, 3.05) is 31.6 Å². The first-order chi connectivity index (χ1) is 19.6. The molecule has 1 aromatic carbocycles. The lowest BCUT2D eigenvalue weighted by molar-refractivity contribution is -0.117. The van der Waals surface area contributed by atoms with Gasteiger partial charge >= 0.3 is 5.69 Å². The second-order valence-electron chi connectivity index (χ2n) is 9.64. The molecule has 0 saturated carbocycles. The third-order valence-corrected chi connectivity index (χ3v) is 6.58. The van der Waals surface area contributed by atoms with Crippen molar-refractivity contribution in [1.29, 1.82) is 0 Å². The van der Waals surface area contributed by atoms with Crippen LogP contribution in [0.3, 0.4) is 0 Å². The van der Waals surface area contributed by atoms with E-state index in [0.29, 0.717) is 53.4 Å². The van der Waals surface area contributed by atoms with Crippen molar-refractivity contribution >= 4 is 39.4 Å². The quantitative estimate of drug-likeness (QED) is 0.233. The zero-order valence-corrected chi connectivity index (χ0v) is 24.7. The summed E-state index contributed by atoms with van der Waals surface area (Å²) in [4.78, 5) is 47.3. The first kappa shape index (κ1) is 31.3. The van der Waals surface area contributed by atoms with Gasteiger partial charge in [0.1, 0.15) is 23.1 Å². The number of H-pyrrole nitrogens is 2. The second kappa shape index (κ2) is 13.9. The average Bonchev–Trinajstić information content (AvgIpc) is 3.45. The predicted molar refractivity (Wildman–Crippen MR) is 161 cm³/mol. The molecule has 3 aromatic heterocycles. The number of amides is 1. The minimum atomic E-state index is -0.437. The van der Waals surface area contributed by atoms with Gasteiger partial charge in [0.15, 0.2) is 11.2 Å². The van der Waals surface area contributed by atoms with Crippen molar-refractivity contribution in [2.45, 2.75) is 54.0 Å². The lowest BCUT2D eigenvalue weighted by atomic mass is 10.2. The van der Waals surface area contributed by atoms with E-state index in [-0.39, 0.29) is 17.3 Å². The molecule has 0 fully saturated rings. The van der Waals surface area contributed by atoms with Gasteiger partial charge in [-0.05, 0) is 64.9 Å². The molecular weight excluding hydrogens is 529 g/mol. The third-order valence-electron chi connectivity index (χ3n) is 6.58. The van der Waals surface area contributed by atoms with E-state index in [1.54, 1.807) is 17.7 Å². The van der Waals surface area contributed by atoms with E-state index in [1.165, 1.54) is 16.7 Å². The van der Waals surface area contributed by atoms with Crippen LogP contribution in [0.4, 0.5) is 10.1 Å². The van der Waals surface area contributed by atoms with Gasteiger partial charge in [-0.3, -0.25) is 24.0 Å². The van der Waals surface area contributed by atoms with Crippen LogP contribution in [-0.2, 0) is 23.1 Å². The van der Waals surface area contributed by atoms with Gasteiger partial charge in [-0.1, -0.05) is 20.4 Å². The molecule has 3 heterocycles. The molecule has 222 valence electrons. The summed E-state index contributed by atoms with van der Waals surface area (Å²) in [6, 6.07) is 4.42. The number of hydrogen-bond donors (Lipinski definition) is 3. The minimum absolute atomic E-state index is 0.136. The van der Waals surface area contributed by atoms with Gasteiger partial charge in [0, 0.05) is 24.5 Å². The largest absolute Gasteiger partial charge is 0.492 e. The summed E-state index contributed by atoms with van der Waals surface area (Å²) in [5.74, 6) is 0.652. The van der Waals surface area contributed by atoms with Gasteiger partial charge in [-0.25, -0.2) is 14.2 Å². The number of ether oxygens (including phenoxy) is 1. The van der Waals surface area contributed by atoms with E-state index in [1.807, 2.05) is 20.8 Å². The van der Waals surface area contributed by atoms with Gasteiger partial charge in [0.2, 0.25) is 5.91 Å². The van der Waals surface area contributed by atoms with Crippen molar-refractivity contribution < 1.29 is 13.9 Å². The van der Waals surface area contributed by atoms with Crippen LogP contribution in [0, 0.1) is 12.7 Å². The second-order valence-corrected chi connectivity index (χ2v) is 9.64. The standard InChI is InChI=1S/C20H28FN3O2.C9H12N4O2/c1-5-10-24(11-6-2)13-18(25)23-20-16-12-15(21)8-9-17(16)22-19(20)14(4)26-7-3;1-4-13-5(2)10-7-6(13)8(14)11-9(15)12(7)3/h8-9,12,22H,4-7,10-11,13H2,1-3H3,(H,23,25);4H2,1-3H3,(H,11,14,15). The van der Waals surface area contributed by atoms with Crippen molar-refractivity contribution in [1.82, 2.24) is 29.0 Å². The summed E-state index contributed by atoms with van der Waals surface area (Å²) in [5, 5.41) is 3.53. The molecule has 41 heavy (non-hydrogen) atoms. The van der Waals surface area contributed by atoms with Crippen LogP contribution in [0.1, 0.15) is 52.1 Å². The fourth-order valence-corrected chi connectivity index (χ4v) is 4.76. The monoisotopic (exact) mass is 569 g/mol. The van der Waals surface area contributed by atoms with E-state index in [9.17, 15) is 18.8 Å². The lowest BCUT2D eigenvalue weighted by Crippen LogP contribution is -2.34. The van der Waals surface area contributed by atoms with Crippen molar-refractivity contribution in [3.05, 3.63) is 63.0 Å². The summed E-state index contributed by atoms with van der Waals surface area (Å²) < 4.78 is 22.4. The zero-order chi connectivity index (χ0) is 30.3. The Labute approximate surface area is 238 Å². The summed E-state index contributed by atoms with van der Waals surface area (Å²) in [6.45, 7) is 16.8. The Hall–Kier alpha value is -4.19. The molecular formula is C29H40FN7O4. The maximum Gasteiger partial charge on any atom is 0.329 e. The summed E-state index contributed by atoms with van der Waals surface area (Å²) in [5.41, 5.74) is 1.87. The van der Waals surface area contributed by atoms with Crippen LogP contribution >= 0.6 is 0 Å². The van der Waals surface area contributed by atoms with Gasteiger partial charge in [-0.2, -0.15) is 0 Å². The zero-order valence-electron chi connectivity index (χ0n) is 24.7. The number of aromatic nitrogens is 5. The Bertz CT molecular complexity index is 1640. The number of halogens is 1. The fraction of sp³-hybridized carbons (Fsp3) is 0.448. The van der Waals surface area contributed by atoms with E-state index in [4.69, 9.17) is 4.74 Å². The van der Waals surface area contributed by atoms with Gasteiger partial charge < -0.3 is 19.6 Å². The van der Waals surface area contributed by atoms with Crippen LogP contribution in [0.25, 0.3) is 27.8 Å². The predicted octanol–water partition coefficient (Wildman–Crippen LogP) is 4.13. The molecule has 0 aliphatic heterocycles. The van der Waals surface area contributed by atoms with Crippen molar-refractivity contribution in [3.63, 3.8) is 0 Å². The number of aromatic amines is 2. The maximum absolute atomic E-state index is 13.7. The number of carbonyl (C=O) groups excluding carboxylic acids is 1. The Morgan fingerprint density at radius 3 is 2.44 bits per heavy atom. The number of hydrogen-bond acceptors (Lipinski definition) is 6. The minimum Gasteiger partial charge on any atom is -0.492 e. The third kappa shape index (κ3) is 7.12. The lowest BCUT2D eigenvalue weighted by Gasteiger charge is -2.20. The molecule has 4 aromatic rings. The smallest absolute Gasteiger partial charge is 0.329 e. The van der Waals surface area contributed by atoms with E-state index in [2.05, 4.69) is 45.6 Å². The first-order valence-electron chi connectivity index (χ1n) is 13.9. The van der Waals surface area contributed by atoms with Gasteiger partial charge in [0.25, 0.3) is 5.56 Å². The van der Waals surface area contributed by atoms with Crippen LogP contribution in [0.2, 0.25) is 0 Å².